The zero-order chi connectivity index (χ0) is 11.9. The van der Waals surface area contributed by atoms with E-state index >= 15 is 0 Å². The second-order valence-corrected chi connectivity index (χ2v) is 5.10. The Balaban J connectivity index is 1.84. The van der Waals surface area contributed by atoms with Gasteiger partial charge in [-0.2, -0.15) is 0 Å². The lowest BCUT2D eigenvalue weighted by Gasteiger charge is -2.44. The third-order valence-corrected chi connectivity index (χ3v) is 3.71. The number of hydrogen-bond donors (Lipinski definition) is 0. The molecule has 0 amide bonds. The fourth-order valence-corrected chi connectivity index (χ4v) is 2.83. The molecule has 1 unspecified atom stereocenters. The summed E-state index contributed by atoms with van der Waals surface area (Å²) in [5.41, 5.74) is 0. The van der Waals surface area contributed by atoms with E-state index in [-0.39, 0.29) is 18.0 Å². The van der Waals surface area contributed by atoms with Gasteiger partial charge in [-0.05, 0) is 12.8 Å². The molecule has 0 radical (unpaired) electrons. The van der Waals surface area contributed by atoms with Crippen molar-refractivity contribution in [2.24, 2.45) is 5.92 Å². The van der Waals surface area contributed by atoms with E-state index in [1.54, 1.807) is 0 Å². The molecule has 4 aliphatic rings. The lowest BCUT2D eigenvalue weighted by molar-refractivity contribution is -0.317. The van der Waals surface area contributed by atoms with Gasteiger partial charge < -0.3 is 18.9 Å². The van der Waals surface area contributed by atoms with Crippen LogP contribution in [0.4, 0.5) is 0 Å². The number of ether oxygens (including phenoxy) is 4. The summed E-state index contributed by atoms with van der Waals surface area (Å²) in [5.74, 6) is -1.21. The van der Waals surface area contributed by atoms with Gasteiger partial charge in [0.05, 0.1) is 19.1 Å². The van der Waals surface area contributed by atoms with Gasteiger partial charge in [0.1, 0.15) is 6.10 Å². The van der Waals surface area contributed by atoms with Gasteiger partial charge in [-0.15, -0.1) is 0 Å². The summed E-state index contributed by atoms with van der Waals surface area (Å²) in [6.45, 7) is 2.97. The van der Waals surface area contributed by atoms with Crippen LogP contribution in [0, 0.1) is 5.92 Å². The average molecular weight is 242 g/mol. The Morgan fingerprint density at radius 3 is 2.76 bits per heavy atom. The SMILES string of the molecule is C[C@@]12CCCC[C@@H](C(=O)O1)C(C1OCCO1)O2. The molecule has 96 valence electrons. The van der Waals surface area contributed by atoms with Crippen LogP contribution in [0.3, 0.4) is 0 Å². The van der Waals surface area contributed by atoms with E-state index in [2.05, 4.69) is 0 Å². The number of fused-ring (bicyclic) bond motifs is 5. The van der Waals surface area contributed by atoms with Gasteiger partial charge >= 0.3 is 5.97 Å². The molecule has 0 aliphatic carbocycles. The fourth-order valence-electron chi connectivity index (χ4n) is 2.83. The zero-order valence-corrected chi connectivity index (χ0v) is 10.0. The Bertz CT molecular complexity index is 312. The lowest BCUT2D eigenvalue weighted by atomic mass is 9.89. The Labute approximate surface area is 100 Å². The monoisotopic (exact) mass is 242 g/mol. The molecule has 4 saturated heterocycles. The minimum atomic E-state index is -0.798. The van der Waals surface area contributed by atoms with Crippen LogP contribution >= 0.6 is 0 Å². The van der Waals surface area contributed by atoms with E-state index in [4.69, 9.17) is 18.9 Å². The predicted octanol–water partition coefficient (Wildman–Crippen LogP) is 1.21. The van der Waals surface area contributed by atoms with E-state index in [1.165, 1.54) is 0 Å². The molecule has 0 aromatic carbocycles. The van der Waals surface area contributed by atoms with Crippen molar-refractivity contribution in [3.8, 4) is 0 Å². The summed E-state index contributed by atoms with van der Waals surface area (Å²) in [5, 5.41) is 0. The highest BCUT2D eigenvalue weighted by molar-refractivity contribution is 5.74. The van der Waals surface area contributed by atoms with Gasteiger partial charge in [0.25, 0.3) is 0 Å². The highest BCUT2D eigenvalue weighted by atomic mass is 16.8. The summed E-state index contributed by atoms with van der Waals surface area (Å²) in [7, 11) is 0. The topological polar surface area (TPSA) is 54.0 Å². The maximum Gasteiger partial charge on any atom is 0.314 e. The lowest BCUT2D eigenvalue weighted by Crippen LogP contribution is -2.55. The van der Waals surface area contributed by atoms with Crippen LogP contribution in [0.2, 0.25) is 0 Å². The van der Waals surface area contributed by atoms with Crippen LogP contribution < -0.4 is 0 Å². The number of rotatable bonds is 1. The van der Waals surface area contributed by atoms with Crippen molar-refractivity contribution in [1.29, 1.82) is 0 Å². The summed E-state index contributed by atoms with van der Waals surface area (Å²) in [6, 6.07) is 0. The Morgan fingerprint density at radius 2 is 2.00 bits per heavy atom. The molecule has 4 heterocycles. The van der Waals surface area contributed by atoms with Crippen molar-refractivity contribution in [3.05, 3.63) is 0 Å². The van der Waals surface area contributed by atoms with Crippen molar-refractivity contribution in [3.63, 3.8) is 0 Å². The van der Waals surface area contributed by atoms with E-state index in [0.717, 1.165) is 25.7 Å². The Kier molecular flexibility index (Phi) is 2.84. The summed E-state index contributed by atoms with van der Waals surface area (Å²) in [4.78, 5) is 12.0. The summed E-state index contributed by atoms with van der Waals surface area (Å²) in [6.07, 6.45) is 2.87. The maximum atomic E-state index is 12.0. The average Bonchev–Trinajstić information content (AvgIpc) is 2.75. The van der Waals surface area contributed by atoms with E-state index in [9.17, 15) is 4.79 Å². The number of carbonyl (C=O) groups excluding carboxylic acids is 1. The minimum absolute atomic E-state index is 0.164. The van der Waals surface area contributed by atoms with Crippen LogP contribution in [-0.2, 0) is 23.7 Å². The van der Waals surface area contributed by atoms with Gasteiger partial charge in [0.15, 0.2) is 6.29 Å². The molecule has 0 saturated carbocycles. The van der Waals surface area contributed by atoms with Crippen LogP contribution in [0.1, 0.15) is 32.6 Å². The van der Waals surface area contributed by atoms with Gasteiger partial charge in [-0.3, -0.25) is 4.79 Å². The fraction of sp³-hybridized carbons (Fsp3) is 0.917. The third-order valence-electron chi connectivity index (χ3n) is 3.71. The van der Waals surface area contributed by atoms with Crippen molar-refractivity contribution in [1.82, 2.24) is 0 Å². The highest BCUT2D eigenvalue weighted by Gasteiger charge is 2.50. The molecule has 5 heteroatoms. The molecule has 4 rings (SSSR count). The standard InChI is InChI=1S/C12H18O5/c1-12-5-3-2-4-8(10(13)17-12)9(16-12)11-14-6-7-15-11/h8-9,11H,2-7H2,1H3/t8-,9?,12+/m1/s1. The van der Waals surface area contributed by atoms with Crippen LogP contribution in [0.5, 0.6) is 0 Å². The second kappa shape index (κ2) is 4.23. The van der Waals surface area contributed by atoms with Crippen LogP contribution in [0.15, 0.2) is 0 Å². The van der Waals surface area contributed by atoms with Gasteiger partial charge in [-0.25, -0.2) is 0 Å². The maximum absolute atomic E-state index is 12.0. The third kappa shape index (κ3) is 2.07. The van der Waals surface area contributed by atoms with Crippen molar-refractivity contribution < 1.29 is 23.7 Å². The molecule has 4 fully saturated rings. The van der Waals surface area contributed by atoms with Crippen LogP contribution in [0.25, 0.3) is 0 Å². The molecular weight excluding hydrogens is 224 g/mol. The Hall–Kier alpha value is -0.650. The first-order chi connectivity index (χ1) is 8.18. The van der Waals surface area contributed by atoms with Gasteiger partial charge in [0, 0.05) is 13.3 Å². The molecule has 0 N–H and O–H groups in total. The molecule has 3 atom stereocenters. The predicted molar refractivity (Wildman–Crippen MR) is 57.0 cm³/mol. The van der Waals surface area contributed by atoms with E-state index in [1.807, 2.05) is 6.92 Å². The van der Waals surface area contributed by atoms with Crippen molar-refractivity contribution in [2.75, 3.05) is 13.2 Å². The normalized spacial score (nSPS) is 43.2. The first kappa shape index (κ1) is 11.4. The number of carbonyl (C=O) groups is 1. The molecule has 17 heavy (non-hydrogen) atoms. The van der Waals surface area contributed by atoms with E-state index < -0.39 is 12.1 Å². The number of esters is 1. The number of hydrogen-bond acceptors (Lipinski definition) is 5. The van der Waals surface area contributed by atoms with Gasteiger partial charge in [-0.1, -0.05) is 6.42 Å². The first-order valence-electron chi connectivity index (χ1n) is 6.32. The largest absolute Gasteiger partial charge is 0.433 e. The summed E-state index contributed by atoms with van der Waals surface area (Å²) < 4.78 is 22.3. The molecule has 5 nitrogen and oxygen atoms in total. The quantitative estimate of drug-likeness (QED) is 0.647. The highest BCUT2D eigenvalue weighted by Crippen LogP contribution is 2.39. The van der Waals surface area contributed by atoms with Crippen molar-refractivity contribution in [2.45, 2.75) is 50.8 Å². The summed E-state index contributed by atoms with van der Waals surface area (Å²) >= 11 is 0. The molecular formula is C12H18O5. The molecule has 0 aromatic heterocycles. The molecule has 0 aromatic rings. The molecule has 4 aliphatic heterocycles. The van der Waals surface area contributed by atoms with Crippen LogP contribution in [-0.4, -0.2) is 37.4 Å². The van der Waals surface area contributed by atoms with Crippen molar-refractivity contribution >= 4 is 5.97 Å². The smallest absolute Gasteiger partial charge is 0.314 e. The van der Waals surface area contributed by atoms with E-state index in [0.29, 0.717) is 13.2 Å². The molecule has 2 bridgehead atoms. The second-order valence-electron chi connectivity index (χ2n) is 5.10. The first-order valence-corrected chi connectivity index (χ1v) is 6.32. The zero-order valence-electron chi connectivity index (χ0n) is 10.0. The Morgan fingerprint density at radius 1 is 1.24 bits per heavy atom. The van der Waals surface area contributed by atoms with Gasteiger partial charge in [0.2, 0.25) is 5.79 Å². The minimum Gasteiger partial charge on any atom is -0.433 e. The molecule has 0 spiro atoms.